The Morgan fingerprint density at radius 1 is 1.24 bits per heavy atom. The van der Waals surface area contributed by atoms with Gasteiger partial charge in [0.15, 0.2) is 5.65 Å². The van der Waals surface area contributed by atoms with Crippen molar-refractivity contribution in [1.29, 1.82) is 0 Å². The summed E-state index contributed by atoms with van der Waals surface area (Å²) in [7, 11) is 1.67. The highest BCUT2D eigenvalue weighted by molar-refractivity contribution is 5.98. The molecule has 2 atom stereocenters. The van der Waals surface area contributed by atoms with E-state index in [4.69, 9.17) is 25.3 Å². The van der Waals surface area contributed by atoms with Crippen LogP contribution in [0.5, 0.6) is 5.75 Å². The van der Waals surface area contributed by atoms with Crippen molar-refractivity contribution in [3.8, 4) is 17.0 Å². The van der Waals surface area contributed by atoms with Gasteiger partial charge in [-0.05, 0) is 36.8 Å². The van der Waals surface area contributed by atoms with Gasteiger partial charge in [0.1, 0.15) is 22.8 Å². The molecule has 3 aliphatic rings. The van der Waals surface area contributed by atoms with E-state index in [9.17, 15) is 18.0 Å². The summed E-state index contributed by atoms with van der Waals surface area (Å²) in [5, 5.41) is 4.74. The summed E-state index contributed by atoms with van der Waals surface area (Å²) in [6.45, 7) is -2.66. The molecule has 2 bridgehead atoms. The van der Waals surface area contributed by atoms with Crippen molar-refractivity contribution in [3.05, 3.63) is 76.6 Å². The number of hydrogen-bond acceptors (Lipinski definition) is 7. The van der Waals surface area contributed by atoms with Gasteiger partial charge in [-0.15, -0.1) is 0 Å². The smallest absolute Gasteiger partial charge is 0.387 e. The Bertz CT molecular complexity index is 1640. The molecular weight excluding hydrogens is 501 g/mol. The SMILES string of the molecule is CN1C(=O)c2cccc(OC(F)F)c2C2CC1c1nc3ccc(-c4cnc(C5(N)COC5)c(F)c4)nn3c12. The molecule has 38 heavy (non-hydrogen) atoms. The Balaban J connectivity index is 1.38. The zero-order valence-corrected chi connectivity index (χ0v) is 20.1. The maximum atomic E-state index is 15.0. The average molecular weight is 522 g/mol. The van der Waals surface area contributed by atoms with Gasteiger partial charge in [0, 0.05) is 35.9 Å². The second kappa shape index (κ2) is 7.98. The molecule has 12 heteroatoms. The Morgan fingerprint density at radius 3 is 2.76 bits per heavy atom. The Morgan fingerprint density at radius 2 is 2.05 bits per heavy atom. The molecule has 194 valence electrons. The predicted molar refractivity (Wildman–Crippen MR) is 127 cm³/mol. The number of carbonyl (C=O) groups excluding carboxylic acids is 1. The lowest BCUT2D eigenvalue weighted by atomic mass is 9.91. The monoisotopic (exact) mass is 522 g/mol. The third-order valence-electron chi connectivity index (χ3n) is 7.62. The lowest BCUT2D eigenvalue weighted by molar-refractivity contribution is -0.0607. The quantitative estimate of drug-likeness (QED) is 0.438. The van der Waals surface area contributed by atoms with Crippen LogP contribution in [-0.2, 0) is 10.3 Å². The number of amides is 1. The number of pyridine rings is 1. The van der Waals surface area contributed by atoms with Crippen molar-refractivity contribution in [3.63, 3.8) is 0 Å². The fraction of sp³-hybridized carbons (Fsp3) is 0.308. The van der Waals surface area contributed by atoms with Crippen LogP contribution in [0.4, 0.5) is 13.2 Å². The first kappa shape index (κ1) is 23.1. The first-order chi connectivity index (χ1) is 18.2. The molecule has 1 amide bonds. The van der Waals surface area contributed by atoms with Crippen molar-refractivity contribution in [2.75, 3.05) is 20.3 Å². The van der Waals surface area contributed by atoms with Crippen LogP contribution in [0.2, 0.25) is 0 Å². The second-order valence-electron chi connectivity index (χ2n) is 9.89. The molecule has 0 radical (unpaired) electrons. The van der Waals surface area contributed by atoms with E-state index in [-0.39, 0.29) is 36.6 Å². The van der Waals surface area contributed by atoms with Crippen molar-refractivity contribution >= 4 is 11.6 Å². The molecule has 1 fully saturated rings. The highest BCUT2D eigenvalue weighted by Gasteiger charge is 2.46. The zero-order chi connectivity index (χ0) is 26.3. The minimum Gasteiger partial charge on any atom is -0.434 e. The summed E-state index contributed by atoms with van der Waals surface area (Å²) in [6, 6.07) is 8.99. The van der Waals surface area contributed by atoms with Gasteiger partial charge in [0.25, 0.3) is 5.91 Å². The number of halogens is 3. The third-order valence-corrected chi connectivity index (χ3v) is 7.62. The van der Waals surface area contributed by atoms with Crippen LogP contribution in [0.1, 0.15) is 51.4 Å². The van der Waals surface area contributed by atoms with Crippen molar-refractivity contribution in [2.45, 2.75) is 30.5 Å². The van der Waals surface area contributed by atoms with Crippen LogP contribution in [-0.4, -0.2) is 57.3 Å². The van der Waals surface area contributed by atoms with Gasteiger partial charge in [0.05, 0.1) is 36.3 Å². The molecule has 1 aliphatic carbocycles. The van der Waals surface area contributed by atoms with Crippen molar-refractivity contribution in [2.24, 2.45) is 5.73 Å². The van der Waals surface area contributed by atoms with E-state index in [1.165, 1.54) is 24.4 Å². The van der Waals surface area contributed by atoms with Crippen molar-refractivity contribution in [1.82, 2.24) is 24.5 Å². The van der Waals surface area contributed by atoms with Gasteiger partial charge in [-0.1, -0.05) is 6.07 Å². The van der Waals surface area contributed by atoms with Gasteiger partial charge in [-0.2, -0.15) is 13.9 Å². The van der Waals surface area contributed by atoms with Gasteiger partial charge in [-0.25, -0.2) is 13.9 Å². The Kier molecular flexibility index (Phi) is 4.86. The van der Waals surface area contributed by atoms with Crippen LogP contribution < -0.4 is 10.5 Å². The highest BCUT2D eigenvalue weighted by Crippen LogP contribution is 2.52. The minimum absolute atomic E-state index is 0.0543. The highest BCUT2D eigenvalue weighted by atomic mass is 19.3. The van der Waals surface area contributed by atoms with Crippen LogP contribution >= 0.6 is 0 Å². The number of nitrogens with zero attached hydrogens (tertiary/aromatic N) is 5. The van der Waals surface area contributed by atoms with E-state index in [2.05, 4.69) is 4.98 Å². The lowest BCUT2D eigenvalue weighted by Crippen LogP contribution is -2.55. The van der Waals surface area contributed by atoms with E-state index in [0.717, 1.165) is 0 Å². The summed E-state index contributed by atoms with van der Waals surface area (Å²) in [5.41, 5.74) is 8.74. The van der Waals surface area contributed by atoms with E-state index in [0.29, 0.717) is 45.8 Å². The summed E-state index contributed by atoms with van der Waals surface area (Å²) in [6.07, 6.45) is 1.95. The van der Waals surface area contributed by atoms with E-state index in [1.54, 1.807) is 34.7 Å². The maximum Gasteiger partial charge on any atom is 0.387 e. The maximum absolute atomic E-state index is 15.0. The van der Waals surface area contributed by atoms with Gasteiger partial charge >= 0.3 is 6.61 Å². The fourth-order valence-electron chi connectivity index (χ4n) is 5.76. The molecule has 3 aromatic heterocycles. The van der Waals surface area contributed by atoms with Crippen LogP contribution in [0, 0.1) is 5.82 Å². The third kappa shape index (κ3) is 3.19. The van der Waals surface area contributed by atoms with Gasteiger partial charge in [0.2, 0.25) is 0 Å². The van der Waals surface area contributed by atoms with Crippen LogP contribution in [0.15, 0.2) is 42.6 Å². The molecule has 2 N–H and O–H groups in total. The molecule has 1 saturated heterocycles. The largest absolute Gasteiger partial charge is 0.434 e. The number of ether oxygens (including phenoxy) is 2. The molecule has 7 rings (SSSR count). The fourth-order valence-corrected chi connectivity index (χ4v) is 5.76. The number of benzene rings is 1. The molecule has 4 aromatic rings. The summed E-state index contributed by atoms with van der Waals surface area (Å²) < 4.78 is 53.2. The number of nitrogens with two attached hydrogens (primary N) is 1. The molecule has 0 saturated carbocycles. The Labute approximate surface area is 214 Å². The number of fused-ring (bicyclic) bond motifs is 9. The summed E-state index contributed by atoms with van der Waals surface area (Å²) in [5.74, 6) is -1.37. The number of alkyl halides is 2. The number of aromatic nitrogens is 4. The first-order valence-electron chi connectivity index (χ1n) is 12.0. The second-order valence-corrected chi connectivity index (χ2v) is 9.89. The van der Waals surface area contributed by atoms with E-state index < -0.39 is 23.9 Å². The topological polar surface area (TPSA) is 108 Å². The zero-order valence-electron chi connectivity index (χ0n) is 20.1. The van der Waals surface area contributed by atoms with E-state index in [1.807, 2.05) is 0 Å². The molecule has 1 aromatic carbocycles. The van der Waals surface area contributed by atoms with Crippen LogP contribution in [0.25, 0.3) is 16.9 Å². The Hall–Kier alpha value is -4.03. The molecule has 2 unspecified atom stereocenters. The lowest BCUT2D eigenvalue weighted by Gasteiger charge is -2.37. The first-order valence-corrected chi connectivity index (χ1v) is 12.0. The molecule has 5 heterocycles. The standard InChI is InChI=1S/C26H21F3N6O3/c1-34-17-8-14(20-13(24(34)36)3-2-4-18(20)38-25(28)29)22-21(17)32-19-6-5-16(33-35(19)22)12-7-15(27)23(31-9-12)26(30)10-37-11-26/h2-7,9,14,17,25H,8,10-11,30H2,1H3. The van der Waals surface area contributed by atoms with Crippen molar-refractivity contribution < 1.29 is 27.4 Å². The van der Waals surface area contributed by atoms with E-state index >= 15 is 0 Å². The minimum atomic E-state index is -3.05. The summed E-state index contributed by atoms with van der Waals surface area (Å²) in [4.78, 5) is 23.8. The number of hydrogen-bond donors (Lipinski definition) is 1. The molecular formula is C26H21F3N6O3. The number of imidazole rings is 1. The predicted octanol–water partition coefficient (Wildman–Crippen LogP) is 3.38. The molecule has 0 spiro atoms. The number of carbonyl (C=O) groups is 1. The molecule has 2 aliphatic heterocycles. The van der Waals surface area contributed by atoms with Gasteiger partial charge < -0.3 is 20.1 Å². The number of rotatable bonds is 4. The molecule has 9 nitrogen and oxygen atoms in total. The van der Waals surface area contributed by atoms with Gasteiger partial charge in [-0.3, -0.25) is 9.78 Å². The summed E-state index contributed by atoms with van der Waals surface area (Å²) >= 11 is 0. The average Bonchev–Trinajstić information content (AvgIpc) is 3.40. The van der Waals surface area contributed by atoms with Crippen LogP contribution in [0.3, 0.4) is 0 Å². The normalized spacial score (nSPS) is 21.3.